The Balaban J connectivity index is 1.83. The molecule has 0 bridgehead atoms. The van der Waals surface area contributed by atoms with E-state index in [2.05, 4.69) is 0 Å². The molecule has 0 radical (unpaired) electrons. The van der Waals surface area contributed by atoms with Crippen molar-refractivity contribution in [3.8, 4) is 0 Å². The normalized spacial score (nSPS) is 12.5. The Labute approximate surface area is 188 Å². The monoisotopic (exact) mass is 446 g/mol. The van der Waals surface area contributed by atoms with E-state index < -0.39 is 5.96 Å². The van der Waals surface area contributed by atoms with Gasteiger partial charge in [0.2, 0.25) is 0 Å². The van der Waals surface area contributed by atoms with Gasteiger partial charge in [0.15, 0.2) is 0 Å². The summed E-state index contributed by atoms with van der Waals surface area (Å²) in [6, 6.07) is 39.6. The van der Waals surface area contributed by atoms with Gasteiger partial charge in [0.25, 0.3) is 0 Å². The second-order valence-electron chi connectivity index (χ2n) is 7.49. The van der Waals surface area contributed by atoms with E-state index in [-0.39, 0.29) is 18.7 Å². The molecule has 4 rings (SSSR count). The second-order valence-corrected chi connectivity index (χ2v) is 14.0. The van der Waals surface area contributed by atoms with E-state index >= 15 is 0 Å². The molecule has 31 heavy (non-hydrogen) atoms. The zero-order valence-corrected chi connectivity index (χ0v) is 18.8. The first-order valence-electron chi connectivity index (χ1n) is 10.2. The van der Waals surface area contributed by atoms with Gasteiger partial charge in [0.1, 0.15) is 0 Å². The molecular weight excluding hydrogens is 423 g/mol. The molecule has 0 saturated carbocycles. The van der Waals surface area contributed by atoms with Gasteiger partial charge in [-0.25, -0.2) is 0 Å². The quantitative estimate of drug-likeness (QED) is 0.280. The predicted octanol–water partition coefficient (Wildman–Crippen LogP) is 5.41. The van der Waals surface area contributed by atoms with Crippen LogP contribution in [-0.2, 0) is 16.1 Å². The van der Waals surface area contributed by atoms with Crippen molar-refractivity contribution < 1.29 is 9.53 Å². The average Bonchev–Trinajstić information content (AvgIpc) is 2.85. The van der Waals surface area contributed by atoms with Crippen molar-refractivity contribution in [3.05, 3.63) is 127 Å². The molecule has 4 aromatic carbocycles. The van der Waals surface area contributed by atoms with Crippen LogP contribution in [0.15, 0.2) is 121 Å². The average molecular weight is 447 g/mol. The van der Waals surface area contributed by atoms with Crippen LogP contribution in [0, 0.1) is 0 Å². The third-order valence-electron chi connectivity index (χ3n) is 5.55. The third kappa shape index (κ3) is 4.14. The van der Waals surface area contributed by atoms with Gasteiger partial charge in [0, 0.05) is 0 Å². The summed E-state index contributed by atoms with van der Waals surface area (Å²) in [5, 5.41) is 2.85. The van der Waals surface area contributed by atoms with Crippen LogP contribution in [0.3, 0.4) is 0 Å². The fraction of sp³-hybridized carbons (Fsp3) is 0.0741. The molecule has 156 valence electrons. The fourth-order valence-corrected chi connectivity index (χ4v) is 9.67. The Hall–Kier alpha value is -2.93. The number of carbonyl (C=O) groups excluding carboxylic acids is 1. The van der Waals surface area contributed by atoms with E-state index in [1.54, 1.807) is 0 Å². The molecule has 4 aromatic rings. The molecule has 0 fully saturated rings. The molecule has 0 heterocycles. The van der Waals surface area contributed by atoms with E-state index in [1.165, 1.54) is 0 Å². The first kappa shape index (κ1) is 21.3. The number of ether oxygens (including phenoxy) is 1. The van der Waals surface area contributed by atoms with E-state index in [0.717, 1.165) is 21.5 Å². The van der Waals surface area contributed by atoms with Gasteiger partial charge in [-0.2, -0.15) is 0 Å². The maximum atomic E-state index is 13.3. The summed E-state index contributed by atoms with van der Waals surface area (Å²) in [4.78, 5) is 13.3. The Morgan fingerprint density at radius 3 is 1.35 bits per heavy atom. The molecule has 0 amide bonds. The van der Waals surface area contributed by atoms with Crippen molar-refractivity contribution in [1.29, 1.82) is 0 Å². The predicted molar refractivity (Wildman–Crippen MR) is 132 cm³/mol. The van der Waals surface area contributed by atoms with Crippen molar-refractivity contribution in [2.45, 2.75) is 6.61 Å². The van der Waals surface area contributed by atoms with Crippen molar-refractivity contribution >= 4 is 39.1 Å². The van der Waals surface area contributed by atoms with E-state index in [1.807, 2.05) is 121 Å². The Bertz CT molecular complexity index is 1030. The van der Waals surface area contributed by atoms with Gasteiger partial charge < -0.3 is 0 Å². The molecule has 0 saturated heterocycles. The van der Waals surface area contributed by atoms with Gasteiger partial charge >= 0.3 is 188 Å². The summed E-state index contributed by atoms with van der Waals surface area (Å²) < 4.78 is 5.72. The summed E-state index contributed by atoms with van der Waals surface area (Å²) in [6.07, 6.45) is 0.0814. The third-order valence-corrected chi connectivity index (χ3v) is 12.6. The van der Waals surface area contributed by atoms with Crippen molar-refractivity contribution in [1.82, 2.24) is 0 Å². The van der Waals surface area contributed by atoms with Gasteiger partial charge in [-0.15, -0.1) is 0 Å². The Morgan fingerprint density at radius 1 is 0.613 bits per heavy atom. The second kappa shape index (κ2) is 9.06. The summed E-state index contributed by atoms with van der Waals surface area (Å²) in [5.41, 5.74) is 0.949. The van der Waals surface area contributed by atoms with Crippen LogP contribution in [0.1, 0.15) is 5.56 Å². The van der Waals surface area contributed by atoms with Crippen LogP contribution >= 0.6 is 17.2 Å². The maximum absolute atomic E-state index is 13.3. The minimum atomic E-state index is -3.64. The molecule has 0 aliphatic carbocycles. The summed E-state index contributed by atoms with van der Waals surface area (Å²) >= 11 is 7.88. The number of hydrogen-bond acceptors (Lipinski definition) is 2. The molecule has 0 aliphatic heterocycles. The Morgan fingerprint density at radius 2 is 0.968 bits per heavy atom. The van der Waals surface area contributed by atoms with E-state index in [0.29, 0.717) is 0 Å². The molecule has 0 spiro atoms. The number of esters is 1. The molecule has 0 unspecified atom stereocenters. The van der Waals surface area contributed by atoms with Gasteiger partial charge in [-0.05, 0) is 0 Å². The van der Waals surface area contributed by atoms with Crippen LogP contribution in [0.25, 0.3) is 0 Å². The number of hydrogen-bond donors (Lipinski definition) is 0. The first-order chi connectivity index (χ1) is 15.1. The molecule has 0 atom stereocenters. The van der Waals surface area contributed by atoms with Crippen LogP contribution in [0.4, 0.5) is 0 Å². The van der Waals surface area contributed by atoms with Crippen LogP contribution in [0.5, 0.6) is 0 Å². The van der Waals surface area contributed by atoms with Crippen LogP contribution < -0.4 is 15.9 Å². The number of benzene rings is 4. The molecule has 4 heteroatoms. The van der Waals surface area contributed by atoms with Crippen molar-refractivity contribution in [2.24, 2.45) is 0 Å². The summed E-state index contributed by atoms with van der Waals surface area (Å²) in [5.74, 6) is -3.96. The molecule has 2 nitrogen and oxygen atoms in total. The topological polar surface area (TPSA) is 26.3 Å². The SMILES string of the molecule is O=C(CP(Cl)(c1ccccc1)(c1ccccc1)c1ccccc1)OCc1ccccc1. The fourth-order valence-electron chi connectivity index (χ4n) is 3.96. The summed E-state index contributed by atoms with van der Waals surface area (Å²) in [7, 11) is 0. The molecule has 0 N–H and O–H groups in total. The summed E-state index contributed by atoms with van der Waals surface area (Å²) in [6.45, 7) is 0.224. The van der Waals surface area contributed by atoms with Crippen molar-refractivity contribution in [3.63, 3.8) is 0 Å². The minimum absolute atomic E-state index is 0.0814. The van der Waals surface area contributed by atoms with Gasteiger partial charge in [0.05, 0.1) is 0 Å². The molecular formula is C27H24ClO2P. The van der Waals surface area contributed by atoms with Crippen molar-refractivity contribution in [2.75, 3.05) is 6.16 Å². The zero-order chi connectivity index (χ0) is 21.6. The zero-order valence-electron chi connectivity index (χ0n) is 17.1. The van der Waals surface area contributed by atoms with Crippen LogP contribution in [-0.4, -0.2) is 12.1 Å². The van der Waals surface area contributed by atoms with Crippen LogP contribution in [0.2, 0.25) is 0 Å². The first-order valence-corrected chi connectivity index (χ1v) is 13.5. The number of halogens is 1. The van der Waals surface area contributed by atoms with E-state index in [4.69, 9.17) is 16.0 Å². The standard InChI is InChI=1S/C27H24ClO2P/c28-31(24-15-7-2-8-16-24,25-17-9-3-10-18-25,26-19-11-4-12-20-26)22-27(29)30-21-23-13-5-1-6-14-23/h1-20H,21-22H2. The Kier molecular flexibility index (Phi) is 6.23. The number of rotatable bonds is 7. The molecule has 0 aromatic heterocycles. The van der Waals surface area contributed by atoms with Gasteiger partial charge in [-0.1, -0.05) is 0 Å². The van der Waals surface area contributed by atoms with Gasteiger partial charge in [-0.3, -0.25) is 0 Å². The van der Waals surface area contributed by atoms with E-state index in [9.17, 15) is 4.79 Å². The molecule has 0 aliphatic rings. The number of carbonyl (C=O) groups is 1.